The highest BCUT2D eigenvalue weighted by Crippen LogP contribution is 2.23. The molecule has 5 heteroatoms. The maximum absolute atomic E-state index is 12.9. The van der Waals surface area contributed by atoms with Gasteiger partial charge in [-0.3, -0.25) is 4.79 Å². The fourth-order valence-electron chi connectivity index (χ4n) is 2.06. The van der Waals surface area contributed by atoms with Crippen LogP contribution in [0.5, 0.6) is 5.75 Å². The van der Waals surface area contributed by atoms with Gasteiger partial charge in [-0.05, 0) is 31.9 Å². The number of benzene rings is 1. The van der Waals surface area contributed by atoms with Crippen LogP contribution in [-0.2, 0) is 4.79 Å². The molecule has 0 saturated carbocycles. The molecule has 1 unspecified atom stereocenters. The lowest BCUT2D eigenvalue weighted by Crippen LogP contribution is -2.38. The molecule has 0 aliphatic carbocycles. The number of nitrogens with zero attached hydrogens (tertiary/aromatic N) is 1. The Kier molecular flexibility index (Phi) is 3.69. The van der Waals surface area contributed by atoms with E-state index in [1.54, 1.807) is 11.8 Å². The van der Waals surface area contributed by atoms with Crippen molar-refractivity contribution in [2.45, 2.75) is 25.9 Å². The number of hydrogen-bond donors (Lipinski definition) is 1. The summed E-state index contributed by atoms with van der Waals surface area (Å²) in [5.41, 5.74) is 5.84. The Morgan fingerprint density at radius 3 is 2.72 bits per heavy atom. The zero-order valence-corrected chi connectivity index (χ0v) is 10.4. The van der Waals surface area contributed by atoms with Crippen molar-refractivity contribution in [1.82, 2.24) is 4.90 Å². The highest BCUT2D eigenvalue weighted by molar-refractivity contribution is 5.81. The third-order valence-corrected chi connectivity index (χ3v) is 3.04. The Morgan fingerprint density at radius 1 is 1.44 bits per heavy atom. The van der Waals surface area contributed by atoms with Gasteiger partial charge in [0.2, 0.25) is 0 Å². The summed E-state index contributed by atoms with van der Waals surface area (Å²) in [6, 6.07) is 3.89. The maximum Gasteiger partial charge on any atom is 0.263 e. The predicted octanol–water partition coefficient (Wildman–Crippen LogP) is 1.80. The number of carbonyl (C=O) groups excluding carboxylic acids is 1. The molecule has 1 fully saturated rings. The maximum atomic E-state index is 12.9. The zero-order chi connectivity index (χ0) is 13.1. The highest BCUT2D eigenvalue weighted by Gasteiger charge is 2.24. The van der Waals surface area contributed by atoms with Gasteiger partial charge in [0.25, 0.3) is 5.91 Å². The summed E-state index contributed by atoms with van der Waals surface area (Å²) in [6.45, 7) is 3.25. The van der Waals surface area contributed by atoms with Gasteiger partial charge in [-0.2, -0.15) is 0 Å². The van der Waals surface area contributed by atoms with Gasteiger partial charge in [0, 0.05) is 19.2 Å². The molecule has 98 valence electrons. The van der Waals surface area contributed by atoms with Gasteiger partial charge in [0.05, 0.1) is 5.69 Å². The number of hydrogen-bond acceptors (Lipinski definition) is 3. The Balaban J connectivity index is 2.01. The van der Waals surface area contributed by atoms with E-state index in [1.807, 2.05) is 0 Å². The monoisotopic (exact) mass is 252 g/mol. The molecule has 0 spiro atoms. The number of amides is 1. The normalized spacial score (nSPS) is 16.7. The molecular formula is C13H17FN2O2. The SMILES string of the molecule is CC(Oc1ccc(F)cc1N)C(=O)N1CCCC1. The van der Waals surface area contributed by atoms with Crippen molar-refractivity contribution in [1.29, 1.82) is 0 Å². The van der Waals surface area contributed by atoms with Crippen LogP contribution in [0.4, 0.5) is 10.1 Å². The number of carbonyl (C=O) groups is 1. The van der Waals surface area contributed by atoms with E-state index in [2.05, 4.69) is 0 Å². The van der Waals surface area contributed by atoms with Gasteiger partial charge in [-0.1, -0.05) is 0 Å². The van der Waals surface area contributed by atoms with E-state index >= 15 is 0 Å². The van der Waals surface area contributed by atoms with Crippen LogP contribution in [0.25, 0.3) is 0 Å². The van der Waals surface area contributed by atoms with Crippen molar-refractivity contribution >= 4 is 11.6 Å². The number of ether oxygens (including phenoxy) is 1. The summed E-state index contributed by atoms with van der Waals surface area (Å²) in [4.78, 5) is 13.8. The van der Waals surface area contributed by atoms with Crippen molar-refractivity contribution in [3.05, 3.63) is 24.0 Å². The van der Waals surface area contributed by atoms with Crippen molar-refractivity contribution in [3.8, 4) is 5.75 Å². The molecule has 1 atom stereocenters. The van der Waals surface area contributed by atoms with Crippen LogP contribution < -0.4 is 10.5 Å². The van der Waals surface area contributed by atoms with Crippen LogP contribution in [0.1, 0.15) is 19.8 Å². The van der Waals surface area contributed by atoms with Gasteiger partial charge in [-0.25, -0.2) is 4.39 Å². The van der Waals surface area contributed by atoms with Crippen molar-refractivity contribution < 1.29 is 13.9 Å². The highest BCUT2D eigenvalue weighted by atomic mass is 19.1. The van der Waals surface area contributed by atoms with Gasteiger partial charge in [-0.15, -0.1) is 0 Å². The molecule has 0 radical (unpaired) electrons. The Hall–Kier alpha value is -1.78. The third-order valence-electron chi connectivity index (χ3n) is 3.04. The molecule has 1 aliphatic rings. The number of halogens is 1. The van der Waals surface area contributed by atoms with Crippen LogP contribution in [0, 0.1) is 5.82 Å². The molecule has 1 aromatic carbocycles. The third kappa shape index (κ3) is 2.72. The predicted molar refractivity (Wildman–Crippen MR) is 66.7 cm³/mol. The fourth-order valence-corrected chi connectivity index (χ4v) is 2.06. The summed E-state index contributed by atoms with van der Waals surface area (Å²) in [6.07, 6.45) is 1.48. The van der Waals surface area contributed by atoms with Crippen LogP contribution in [0.15, 0.2) is 18.2 Å². The number of likely N-dealkylation sites (tertiary alicyclic amines) is 1. The lowest BCUT2D eigenvalue weighted by atomic mass is 10.2. The lowest BCUT2D eigenvalue weighted by Gasteiger charge is -2.21. The first-order valence-electron chi connectivity index (χ1n) is 6.08. The topological polar surface area (TPSA) is 55.6 Å². The minimum atomic E-state index is -0.601. The van der Waals surface area contributed by atoms with Crippen molar-refractivity contribution in [2.75, 3.05) is 18.8 Å². The molecular weight excluding hydrogens is 235 g/mol. The van der Waals surface area contributed by atoms with Crippen molar-refractivity contribution in [3.63, 3.8) is 0 Å². The molecule has 1 heterocycles. The Morgan fingerprint density at radius 2 is 2.11 bits per heavy atom. The van der Waals surface area contributed by atoms with E-state index in [0.717, 1.165) is 25.9 Å². The molecule has 1 saturated heterocycles. The largest absolute Gasteiger partial charge is 0.479 e. The van der Waals surface area contributed by atoms with E-state index in [4.69, 9.17) is 10.5 Å². The molecule has 18 heavy (non-hydrogen) atoms. The summed E-state index contributed by atoms with van der Waals surface area (Å²) in [5, 5.41) is 0. The second-order valence-electron chi connectivity index (χ2n) is 4.47. The number of nitrogen functional groups attached to an aromatic ring is 1. The van der Waals surface area contributed by atoms with Crippen LogP contribution in [0.2, 0.25) is 0 Å². The summed E-state index contributed by atoms with van der Waals surface area (Å²) in [5.74, 6) is -0.119. The van der Waals surface area contributed by atoms with Crippen LogP contribution in [0.3, 0.4) is 0 Å². The minimum absolute atomic E-state index is 0.0452. The minimum Gasteiger partial charge on any atom is -0.479 e. The molecule has 1 amide bonds. The first-order chi connectivity index (χ1) is 8.58. The average molecular weight is 252 g/mol. The van der Waals surface area contributed by atoms with E-state index in [1.165, 1.54) is 18.2 Å². The second kappa shape index (κ2) is 5.25. The Bertz CT molecular complexity index is 445. The number of rotatable bonds is 3. The smallest absolute Gasteiger partial charge is 0.263 e. The van der Waals surface area contributed by atoms with Crippen LogP contribution >= 0.6 is 0 Å². The first-order valence-corrected chi connectivity index (χ1v) is 6.08. The summed E-state index contributed by atoms with van der Waals surface area (Å²) >= 11 is 0. The van der Waals surface area contributed by atoms with Gasteiger partial charge in [0.15, 0.2) is 6.10 Å². The number of nitrogens with two attached hydrogens (primary N) is 1. The fraction of sp³-hybridized carbons (Fsp3) is 0.462. The number of anilines is 1. The first kappa shape index (κ1) is 12.7. The quantitative estimate of drug-likeness (QED) is 0.834. The van der Waals surface area contributed by atoms with Gasteiger partial charge >= 0.3 is 0 Å². The molecule has 1 aromatic rings. The summed E-state index contributed by atoms with van der Waals surface area (Å²) in [7, 11) is 0. The lowest BCUT2D eigenvalue weighted by molar-refractivity contribution is -0.136. The van der Waals surface area contributed by atoms with E-state index in [0.29, 0.717) is 5.75 Å². The molecule has 0 bridgehead atoms. The van der Waals surface area contributed by atoms with E-state index < -0.39 is 11.9 Å². The Labute approximate surface area is 106 Å². The molecule has 0 aromatic heterocycles. The summed E-state index contributed by atoms with van der Waals surface area (Å²) < 4.78 is 18.4. The van der Waals surface area contributed by atoms with E-state index in [9.17, 15) is 9.18 Å². The average Bonchev–Trinajstić information content (AvgIpc) is 2.85. The second-order valence-corrected chi connectivity index (χ2v) is 4.47. The zero-order valence-electron chi connectivity index (χ0n) is 10.4. The van der Waals surface area contributed by atoms with Crippen LogP contribution in [-0.4, -0.2) is 30.0 Å². The van der Waals surface area contributed by atoms with Gasteiger partial charge in [0.1, 0.15) is 11.6 Å². The standard InChI is InChI=1S/C13H17FN2O2/c1-9(13(17)16-6-2-3-7-16)18-12-5-4-10(14)8-11(12)15/h4-5,8-9H,2-3,6-7,15H2,1H3. The van der Waals surface area contributed by atoms with E-state index in [-0.39, 0.29) is 11.6 Å². The molecule has 2 N–H and O–H groups in total. The molecule has 4 nitrogen and oxygen atoms in total. The molecule has 1 aliphatic heterocycles. The van der Waals surface area contributed by atoms with Crippen molar-refractivity contribution in [2.24, 2.45) is 0 Å². The molecule has 2 rings (SSSR count). The van der Waals surface area contributed by atoms with Gasteiger partial charge < -0.3 is 15.4 Å².